The van der Waals surface area contributed by atoms with Crippen LogP contribution in [0.5, 0.6) is 0 Å². The summed E-state index contributed by atoms with van der Waals surface area (Å²) in [5.74, 6) is 2.60. The maximum atomic E-state index is 4.17. The molecule has 16 heavy (non-hydrogen) atoms. The van der Waals surface area contributed by atoms with Gasteiger partial charge in [-0.3, -0.25) is 4.68 Å². The minimum absolute atomic E-state index is 0.851. The molecule has 0 aromatic carbocycles. The molecule has 1 heterocycles. The number of fused-ring (bicyclic) bond motifs is 2. The lowest BCUT2D eigenvalue weighted by molar-refractivity contribution is 0.411. The van der Waals surface area contributed by atoms with Crippen LogP contribution in [0.25, 0.3) is 0 Å². The molecule has 2 bridgehead atoms. The van der Waals surface area contributed by atoms with E-state index in [1.165, 1.54) is 18.5 Å². The molecule has 0 saturated heterocycles. The Morgan fingerprint density at radius 1 is 1.44 bits per heavy atom. The lowest BCUT2D eigenvalue weighted by Crippen LogP contribution is -2.25. The summed E-state index contributed by atoms with van der Waals surface area (Å²) in [6.45, 7) is 2.09. The predicted molar refractivity (Wildman–Crippen MR) is 63.8 cm³/mol. The van der Waals surface area contributed by atoms with E-state index in [-0.39, 0.29) is 0 Å². The highest BCUT2D eigenvalue weighted by Gasteiger charge is 2.34. The van der Waals surface area contributed by atoms with Crippen LogP contribution in [0.2, 0.25) is 0 Å². The molecule has 1 N–H and O–H groups in total. The monoisotopic (exact) mass is 217 g/mol. The minimum atomic E-state index is 0.851. The molecule has 1 aromatic heterocycles. The van der Waals surface area contributed by atoms with Crippen LogP contribution >= 0.6 is 0 Å². The maximum absolute atomic E-state index is 4.17. The van der Waals surface area contributed by atoms with E-state index in [2.05, 4.69) is 28.6 Å². The van der Waals surface area contributed by atoms with Crippen LogP contribution in [0, 0.1) is 17.8 Å². The number of nitrogens with one attached hydrogen (secondary N) is 1. The van der Waals surface area contributed by atoms with Crippen molar-refractivity contribution in [2.45, 2.75) is 19.4 Å². The Kier molecular flexibility index (Phi) is 2.56. The second-order valence-electron chi connectivity index (χ2n) is 5.12. The highest BCUT2D eigenvalue weighted by Crippen LogP contribution is 2.42. The standard InChI is InChI=1S/C13H19N3/c1-16-13(4-5-15-16)9-14-8-12-7-10-2-3-11(12)6-10/h2-5,10-12,14H,6-9H2,1H3. The van der Waals surface area contributed by atoms with Crippen LogP contribution in [0.15, 0.2) is 24.4 Å². The van der Waals surface area contributed by atoms with Gasteiger partial charge in [0.05, 0.1) is 5.69 Å². The normalized spacial score (nSPS) is 31.4. The summed E-state index contributed by atoms with van der Waals surface area (Å²) in [4.78, 5) is 0. The molecule has 1 saturated carbocycles. The van der Waals surface area contributed by atoms with Gasteiger partial charge in [0.2, 0.25) is 0 Å². The molecule has 86 valence electrons. The van der Waals surface area contributed by atoms with Crippen LogP contribution in [0.4, 0.5) is 0 Å². The third-order valence-corrected chi connectivity index (χ3v) is 4.05. The first-order valence-corrected chi connectivity index (χ1v) is 6.19. The van der Waals surface area contributed by atoms with Gasteiger partial charge >= 0.3 is 0 Å². The van der Waals surface area contributed by atoms with Crippen molar-refractivity contribution in [3.05, 3.63) is 30.1 Å². The Hall–Kier alpha value is -1.09. The molecule has 0 spiro atoms. The molecule has 0 aliphatic heterocycles. The quantitative estimate of drug-likeness (QED) is 0.778. The Labute approximate surface area is 96.5 Å². The first-order valence-electron chi connectivity index (χ1n) is 6.19. The van der Waals surface area contributed by atoms with Crippen molar-refractivity contribution in [3.8, 4) is 0 Å². The summed E-state index contributed by atoms with van der Waals surface area (Å²) < 4.78 is 1.94. The number of rotatable bonds is 4. The molecule has 3 rings (SSSR count). The average Bonchev–Trinajstić information content (AvgIpc) is 2.96. The predicted octanol–water partition coefficient (Wildman–Crippen LogP) is 1.72. The summed E-state index contributed by atoms with van der Waals surface area (Å²) in [6, 6.07) is 2.08. The molecular formula is C13H19N3. The Morgan fingerprint density at radius 3 is 3.00 bits per heavy atom. The van der Waals surface area contributed by atoms with Gasteiger partial charge in [-0.2, -0.15) is 5.10 Å². The molecule has 3 heteroatoms. The Bertz CT molecular complexity index is 394. The zero-order valence-electron chi connectivity index (χ0n) is 9.76. The van der Waals surface area contributed by atoms with Gasteiger partial charge < -0.3 is 5.32 Å². The van der Waals surface area contributed by atoms with Crippen molar-refractivity contribution in [1.29, 1.82) is 0 Å². The molecule has 1 fully saturated rings. The van der Waals surface area contributed by atoms with Gasteiger partial charge in [0.1, 0.15) is 0 Å². The van der Waals surface area contributed by atoms with E-state index in [0.717, 1.165) is 30.8 Å². The molecule has 2 aliphatic carbocycles. The van der Waals surface area contributed by atoms with Crippen molar-refractivity contribution >= 4 is 0 Å². The second-order valence-corrected chi connectivity index (χ2v) is 5.12. The van der Waals surface area contributed by atoms with Gasteiger partial charge in [-0.25, -0.2) is 0 Å². The highest BCUT2D eigenvalue weighted by molar-refractivity contribution is 5.10. The summed E-state index contributed by atoms with van der Waals surface area (Å²) in [7, 11) is 2.00. The fourth-order valence-electron chi connectivity index (χ4n) is 3.09. The van der Waals surface area contributed by atoms with Gasteiger partial charge in [0, 0.05) is 19.8 Å². The fourth-order valence-corrected chi connectivity index (χ4v) is 3.09. The summed E-state index contributed by atoms with van der Waals surface area (Å²) in [5.41, 5.74) is 1.26. The first-order chi connectivity index (χ1) is 7.83. The largest absolute Gasteiger partial charge is 0.311 e. The summed E-state index contributed by atoms with van der Waals surface area (Å²) in [6.07, 6.45) is 9.47. The number of allylic oxidation sites excluding steroid dienone is 2. The maximum Gasteiger partial charge on any atom is 0.0518 e. The van der Waals surface area contributed by atoms with Crippen molar-refractivity contribution in [2.75, 3.05) is 6.54 Å². The minimum Gasteiger partial charge on any atom is -0.311 e. The molecular weight excluding hydrogens is 198 g/mol. The topological polar surface area (TPSA) is 29.9 Å². The third-order valence-electron chi connectivity index (χ3n) is 4.05. The van der Waals surface area contributed by atoms with E-state index >= 15 is 0 Å². The molecule has 0 radical (unpaired) electrons. The molecule has 3 atom stereocenters. The summed E-state index contributed by atoms with van der Waals surface area (Å²) in [5, 5.41) is 7.73. The van der Waals surface area contributed by atoms with Gasteiger partial charge in [-0.15, -0.1) is 0 Å². The molecule has 3 nitrogen and oxygen atoms in total. The van der Waals surface area contributed by atoms with Crippen molar-refractivity contribution in [3.63, 3.8) is 0 Å². The second kappa shape index (κ2) is 4.06. The van der Waals surface area contributed by atoms with Crippen molar-refractivity contribution < 1.29 is 0 Å². The number of nitrogens with zero attached hydrogens (tertiary/aromatic N) is 2. The zero-order valence-corrected chi connectivity index (χ0v) is 9.76. The van der Waals surface area contributed by atoms with Gasteiger partial charge in [0.25, 0.3) is 0 Å². The first kappa shape index (κ1) is 10.1. The van der Waals surface area contributed by atoms with Crippen molar-refractivity contribution in [1.82, 2.24) is 15.1 Å². The lowest BCUT2D eigenvalue weighted by Gasteiger charge is -2.18. The SMILES string of the molecule is Cn1nccc1CNCC1CC2C=CC1C2. The lowest BCUT2D eigenvalue weighted by atomic mass is 9.94. The van der Waals surface area contributed by atoms with E-state index in [0.29, 0.717) is 0 Å². The van der Waals surface area contributed by atoms with Crippen LogP contribution in [-0.2, 0) is 13.6 Å². The van der Waals surface area contributed by atoms with E-state index in [1.807, 2.05) is 17.9 Å². The molecule has 0 amide bonds. The van der Waals surface area contributed by atoms with Gasteiger partial charge in [-0.05, 0) is 43.2 Å². The Balaban J connectivity index is 1.48. The van der Waals surface area contributed by atoms with Crippen LogP contribution < -0.4 is 5.32 Å². The van der Waals surface area contributed by atoms with E-state index < -0.39 is 0 Å². The van der Waals surface area contributed by atoms with E-state index in [1.54, 1.807) is 0 Å². The number of aromatic nitrogens is 2. The number of hydrogen-bond donors (Lipinski definition) is 1. The molecule has 1 aromatic rings. The van der Waals surface area contributed by atoms with Crippen LogP contribution in [0.3, 0.4) is 0 Å². The van der Waals surface area contributed by atoms with Gasteiger partial charge in [0.15, 0.2) is 0 Å². The van der Waals surface area contributed by atoms with E-state index in [9.17, 15) is 0 Å². The van der Waals surface area contributed by atoms with Crippen LogP contribution in [0.1, 0.15) is 18.5 Å². The average molecular weight is 217 g/mol. The van der Waals surface area contributed by atoms with Gasteiger partial charge in [-0.1, -0.05) is 12.2 Å². The molecule has 2 aliphatic rings. The van der Waals surface area contributed by atoms with Crippen LogP contribution in [-0.4, -0.2) is 16.3 Å². The fraction of sp³-hybridized carbons (Fsp3) is 0.615. The molecule has 3 unspecified atom stereocenters. The van der Waals surface area contributed by atoms with Crippen molar-refractivity contribution in [2.24, 2.45) is 24.8 Å². The summed E-state index contributed by atoms with van der Waals surface area (Å²) >= 11 is 0. The smallest absolute Gasteiger partial charge is 0.0518 e. The Morgan fingerprint density at radius 2 is 2.38 bits per heavy atom. The van der Waals surface area contributed by atoms with E-state index in [4.69, 9.17) is 0 Å². The number of hydrogen-bond acceptors (Lipinski definition) is 2. The zero-order chi connectivity index (χ0) is 11.0. The number of aryl methyl sites for hydroxylation is 1. The highest BCUT2D eigenvalue weighted by atomic mass is 15.3. The third kappa shape index (κ3) is 1.80.